The maximum absolute atomic E-state index is 5.69. The first kappa shape index (κ1) is 10.4. The number of rotatable bonds is 3. The molecule has 0 fully saturated rings. The van der Waals surface area contributed by atoms with E-state index in [4.69, 9.17) is 4.42 Å². The van der Waals surface area contributed by atoms with Crippen LogP contribution in [0, 0.1) is 12.8 Å². The fraction of sp³-hybridized carbons (Fsp3) is 0.667. The summed E-state index contributed by atoms with van der Waals surface area (Å²) in [4.78, 5) is 0. The van der Waals surface area contributed by atoms with E-state index in [1.54, 1.807) is 0 Å². The SMILES string of the molecule is Cc1cc(C(C)C)c(CC(C)C)o1. The van der Waals surface area contributed by atoms with Crippen LogP contribution >= 0.6 is 0 Å². The van der Waals surface area contributed by atoms with E-state index in [1.807, 2.05) is 6.92 Å². The summed E-state index contributed by atoms with van der Waals surface area (Å²) in [5.74, 6) is 3.47. The molecule has 0 saturated heterocycles. The Labute approximate surface area is 81.1 Å². The Morgan fingerprint density at radius 1 is 1.23 bits per heavy atom. The van der Waals surface area contributed by atoms with Gasteiger partial charge in [-0.15, -0.1) is 0 Å². The summed E-state index contributed by atoms with van der Waals surface area (Å²) in [5.41, 5.74) is 1.38. The summed E-state index contributed by atoms with van der Waals surface area (Å²) < 4.78 is 5.69. The highest BCUT2D eigenvalue weighted by Crippen LogP contribution is 2.25. The van der Waals surface area contributed by atoms with Crippen LogP contribution in [0.1, 0.15) is 50.7 Å². The zero-order valence-corrected chi connectivity index (χ0v) is 9.35. The van der Waals surface area contributed by atoms with Crippen molar-refractivity contribution < 1.29 is 4.42 Å². The fourth-order valence-electron chi connectivity index (χ4n) is 1.60. The molecule has 0 atom stereocenters. The lowest BCUT2D eigenvalue weighted by Gasteiger charge is -2.07. The van der Waals surface area contributed by atoms with Gasteiger partial charge >= 0.3 is 0 Å². The third kappa shape index (κ3) is 2.61. The maximum Gasteiger partial charge on any atom is 0.107 e. The van der Waals surface area contributed by atoms with Crippen molar-refractivity contribution in [1.29, 1.82) is 0 Å². The lowest BCUT2D eigenvalue weighted by atomic mass is 9.99. The van der Waals surface area contributed by atoms with Crippen molar-refractivity contribution >= 4 is 0 Å². The first-order chi connectivity index (χ1) is 6.00. The highest BCUT2D eigenvalue weighted by molar-refractivity contribution is 5.24. The molecular formula is C12H20O. The van der Waals surface area contributed by atoms with Crippen LogP contribution in [-0.4, -0.2) is 0 Å². The van der Waals surface area contributed by atoms with Gasteiger partial charge in [0.05, 0.1) is 0 Å². The van der Waals surface area contributed by atoms with Crippen molar-refractivity contribution in [3.05, 3.63) is 23.2 Å². The van der Waals surface area contributed by atoms with Gasteiger partial charge in [-0.3, -0.25) is 0 Å². The molecule has 0 aliphatic carbocycles. The monoisotopic (exact) mass is 180 g/mol. The van der Waals surface area contributed by atoms with Crippen molar-refractivity contribution in [3.8, 4) is 0 Å². The predicted molar refractivity (Wildman–Crippen MR) is 56.1 cm³/mol. The van der Waals surface area contributed by atoms with Gasteiger partial charge in [0.15, 0.2) is 0 Å². The standard InChI is InChI=1S/C12H20O/c1-8(2)6-12-11(9(3)4)7-10(5)13-12/h7-9H,6H2,1-5H3. The maximum atomic E-state index is 5.69. The second-order valence-corrected chi connectivity index (χ2v) is 4.49. The van der Waals surface area contributed by atoms with Gasteiger partial charge in [0.2, 0.25) is 0 Å². The average Bonchev–Trinajstić information content (AvgIpc) is 2.29. The van der Waals surface area contributed by atoms with Gasteiger partial charge in [-0.25, -0.2) is 0 Å². The van der Waals surface area contributed by atoms with E-state index in [-0.39, 0.29) is 0 Å². The molecule has 0 saturated carbocycles. The minimum absolute atomic E-state index is 0.575. The van der Waals surface area contributed by atoms with E-state index in [2.05, 4.69) is 33.8 Å². The lowest BCUT2D eigenvalue weighted by Crippen LogP contribution is -1.97. The predicted octanol–water partition coefficient (Wildman–Crippen LogP) is 3.91. The highest BCUT2D eigenvalue weighted by Gasteiger charge is 2.12. The van der Waals surface area contributed by atoms with Crippen LogP contribution in [0.15, 0.2) is 10.5 Å². The molecule has 0 amide bonds. The minimum Gasteiger partial charge on any atom is -0.466 e. The zero-order chi connectivity index (χ0) is 10.0. The molecule has 0 spiro atoms. The molecule has 1 rings (SSSR count). The Morgan fingerprint density at radius 3 is 2.31 bits per heavy atom. The number of hydrogen-bond donors (Lipinski definition) is 0. The lowest BCUT2D eigenvalue weighted by molar-refractivity contribution is 0.447. The van der Waals surface area contributed by atoms with Gasteiger partial charge in [-0.2, -0.15) is 0 Å². The van der Waals surface area contributed by atoms with Gasteiger partial charge in [0.1, 0.15) is 11.5 Å². The summed E-state index contributed by atoms with van der Waals surface area (Å²) in [6.07, 6.45) is 1.06. The van der Waals surface area contributed by atoms with E-state index in [9.17, 15) is 0 Å². The Kier molecular flexibility index (Phi) is 3.18. The molecule has 1 heteroatoms. The first-order valence-corrected chi connectivity index (χ1v) is 5.10. The molecule has 0 radical (unpaired) electrons. The van der Waals surface area contributed by atoms with Crippen LogP contribution in [0.5, 0.6) is 0 Å². The Bertz CT molecular complexity index is 269. The zero-order valence-electron chi connectivity index (χ0n) is 9.35. The molecule has 13 heavy (non-hydrogen) atoms. The second kappa shape index (κ2) is 3.99. The third-order valence-corrected chi connectivity index (χ3v) is 2.18. The summed E-state index contributed by atoms with van der Waals surface area (Å²) in [6, 6.07) is 2.17. The van der Waals surface area contributed by atoms with E-state index in [1.165, 1.54) is 11.3 Å². The molecule has 0 N–H and O–H groups in total. The van der Waals surface area contributed by atoms with Gasteiger partial charge < -0.3 is 4.42 Å². The van der Waals surface area contributed by atoms with Crippen LogP contribution in [0.4, 0.5) is 0 Å². The smallest absolute Gasteiger partial charge is 0.107 e. The van der Waals surface area contributed by atoms with Crippen molar-refractivity contribution in [2.45, 2.75) is 47.0 Å². The van der Waals surface area contributed by atoms with Crippen LogP contribution < -0.4 is 0 Å². The first-order valence-electron chi connectivity index (χ1n) is 5.10. The quantitative estimate of drug-likeness (QED) is 0.687. The van der Waals surface area contributed by atoms with Crippen molar-refractivity contribution in [2.24, 2.45) is 5.92 Å². The van der Waals surface area contributed by atoms with Gasteiger partial charge in [-0.1, -0.05) is 27.7 Å². The van der Waals surface area contributed by atoms with Crippen molar-refractivity contribution in [1.82, 2.24) is 0 Å². The molecule has 1 aromatic heterocycles. The molecular weight excluding hydrogens is 160 g/mol. The van der Waals surface area contributed by atoms with Crippen molar-refractivity contribution in [3.63, 3.8) is 0 Å². The largest absolute Gasteiger partial charge is 0.466 e. The minimum atomic E-state index is 0.575. The number of aryl methyl sites for hydroxylation is 1. The highest BCUT2D eigenvalue weighted by atomic mass is 16.3. The third-order valence-electron chi connectivity index (χ3n) is 2.18. The van der Waals surface area contributed by atoms with Crippen molar-refractivity contribution in [2.75, 3.05) is 0 Å². The van der Waals surface area contributed by atoms with Gasteiger partial charge in [0.25, 0.3) is 0 Å². The normalized spacial score (nSPS) is 11.6. The number of hydrogen-bond acceptors (Lipinski definition) is 1. The fourth-order valence-corrected chi connectivity index (χ4v) is 1.60. The molecule has 0 bridgehead atoms. The molecule has 0 aliphatic rings. The molecule has 74 valence electrons. The molecule has 1 heterocycles. The van der Waals surface area contributed by atoms with E-state index in [0.717, 1.165) is 12.2 Å². The topological polar surface area (TPSA) is 13.1 Å². The Balaban J connectivity index is 2.91. The van der Waals surface area contributed by atoms with Crippen LogP contribution in [0.3, 0.4) is 0 Å². The molecule has 0 unspecified atom stereocenters. The summed E-state index contributed by atoms with van der Waals surface area (Å²) in [6.45, 7) is 10.9. The number of furan rings is 1. The Morgan fingerprint density at radius 2 is 1.85 bits per heavy atom. The Hall–Kier alpha value is -0.720. The van der Waals surface area contributed by atoms with Crippen LogP contribution in [0.25, 0.3) is 0 Å². The summed E-state index contributed by atoms with van der Waals surface area (Å²) in [5, 5.41) is 0. The molecule has 1 aromatic rings. The summed E-state index contributed by atoms with van der Waals surface area (Å²) in [7, 11) is 0. The molecule has 0 aliphatic heterocycles. The van der Waals surface area contributed by atoms with Gasteiger partial charge in [-0.05, 0) is 30.4 Å². The average molecular weight is 180 g/mol. The van der Waals surface area contributed by atoms with Crippen LogP contribution in [0.2, 0.25) is 0 Å². The van der Waals surface area contributed by atoms with E-state index in [0.29, 0.717) is 11.8 Å². The van der Waals surface area contributed by atoms with Crippen LogP contribution in [-0.2, 0) is 6.42 Å². The van der Waals surface area contributed by atoms with Gasteiger partial charge in [0, 0.05) is 6.42 Å². The molecule has 1 nitrogen and oxygen atoms in total. The molecule has 0 aromatic carbocycles. The van der Waals surface area contributed by atoms with E-state index < -0.39 is 0 Å². The summed E-state index contributed by atoms with van der Waals surface area (Å²) >= 11 is 0. The van der Waals surface area contributed by atoms with E-state index >= 15 is 0 Å². The second-order valence-electron chi connectivity index (χ2n) is 4.49.